The summed E-state index contributed by atoms with van der Waals surface area (Å²) in [5.41, 5.74) is 5.12. The second-order valence-corrected chi connectivity index (χ2v) is 20.7. The van der Waals surface area contributed by atoms with Crippen LogP contribution in [-0.4, -0.2) is 0 Å². The minimum Gasteiger partial charge on any atom is -0.0620 e. The molecule has 260 valence electrons. The van der Waals surface area contributed by atoms with Gasteiger partial charge in [0.2, 0.25) is 0 Å². The van der Waals surface area contributed by atoms with Gasteiger partial charge in [-0.15, -0.1) is 0 Å². The van der Waals surface area contributed by atoms with Crippen molar-refractivity contribution in [1.29, 1.82) is 0 Å². The molecule has 0 atom stereocenters. The average molecular weight is 731 g/mol. The van der Waals surface area contributed by atoms with Gasteiger partial charge in [0.1, 0.15) is 46.4 Å². The number of hydrogen-bond donors (Lipinski definition) is 0. The molecule has 0 aromatic heterocycles. The van der Waals surface area contributed by atoms with E-state index in [1.54, 1.807) is 0 Å². The van der Waals surface area contributed by atoms with Crippen molar-refractivity contribution in [3.63, 3.8) is 0 Å². The molecule has 0 heterocycles. The van der Waals surface area contributed by atoms with E-state index in [0.29, 0.717) is 0 Å². The third kappa shape index (κ3) is 7.42. The van der Waals surface area contributed by atoms with E-state index in [1.165, 1.54) is 54.1 Å². The van der Waals surface area contributed by atoms with Crippen LogP contribution < -0.4 is 31.8 Å². The summed E-state index contributed by atoms with van der Waals surface area (Å²) < 4.78 is 0. The molecule has 0 amide bonds. The third-order valence-electron chi connectivity index (χ3n) is 10.4. The van der Waals surface area contributed by atoms with Crippen molar-refractivity contribution in [3.05, 3.63) is 253 Å². The quantitative estimate of drug-likeness (QED) is 0.0867. The largest absolute Gasteiger partial charge is 0.116 e. The van der Waals surface area contributed by atoms with E-state index in [9.17, 15) is 0 Å². The molecule has 0 saturated heterocycles. The minimum absolute atomic E-state index is 0.951. The highest BCUT2D eigenvalue weighted by molar-refractivity contribution is 7.95. The smallest absolute Gasteiger partial charge is 0.0620 e. The summed E-state index contributed by atoms with van der Waals surface area (Å²) in [5, 5.41) is 8.42. The Morgan fingerprint density at radius 3 is 0.741 bits per heavy atom. The molecule has 0 spiro atoms. The monoisotopic (exact) mass is 730 g/mol. The zero-order chi connectivity index (χ0) is 36.5. The van der Waals surface area contributed by atoms with Crippen LogP contribution in [0, 0.1) is 0 Å². The molecule has 0 N–H and O–H groups in total. The zero-order valence-corrected chi connectivity index (χ0v) is 32.2. The molecule has 0 aliphatic carbocycles. The molecule has 0 bridgehead atoms. The molecule has 0 aliphatic rings. The van der Waals surface area contributed by atoms with E-state index in [0.717, 1.165) is 12.3 Å². The summed E-state index contributed by atoms with van der Waals surface area (Å²) >= 11 is 0. The molecule has 0 radical (unpaired) electrons. The Bertz CT molecular complexity index is 2040. The van der Waals surface area contributed by atoms with Gasteiger partial charge >= 0.3 is 0 Å². The molecule has 54 heavy (non-hydrogen) atoms. The fourth-order valence-electron chi connectivity index (χ4n) is 7.87. The first-order chi connectivity index (χ1) is 26.7. The summed E-state index contributed by atoms with van der Waals surface area (Å²) in [6.45, 7) is 0. The van der Waals surface area contributed by atoms with Crippen LogP contribution >= 0.6 is 14.5 Å². The van der Waals surface area contributed by atoms with Gasteiger partial charge in [0.15, 0.2) is 0 Å². The van der Waals surface area contributed by atoms with Gasteiger partial charge in [-0.25, -0.2) is 0 Å². The van der Waals surface area contributed by atoms with Crippen LogP contribution in [0.2, 0.25) is 0 Å². The first kappa shape index (κ1) is 35.4. The Hall–Kier alpha value is -5.64. The Balaban J connectivity index is 1.14. The van der Waals surface area contributed by atoms with Gasteiger partial charge in [-0.2, -0.15) is 0 Å². The summed E-state index contributed by atoms with van der Waals surface area (Å²) in [6, 6.07) is 85.3. The Labute approximate surface area is 322 Å². The Morgan fingerprint density at radius 2 is 0.500 bits per heavy atom. The molecule has 0 saturated carbocycles. The molecule has 0 aliphatic heterocycles. The van der Waals surface area contributed by atoms with Gasteiger partial charge < -0.3 is 0 Å². The van der Waals surface area contributed by atoms with Crippen LogP contribution in [-0.2, 0) is 12.3 Å². The summed E-state index contributed by atoms with van der Waals surface area (Å²) in [5.74, 6) is 0. The topological polar surface area (TPSA) is 0 Å². The Kier molecular flexibility index (Phi) is 10.9. The van der Waals surface area contributed by atoms with Crippen molar-refractivity contribution >= 4 is 58.5 Å². The standard InChI is InChI=1S/C52H44P2/c1-7-25-47(26-8-1)53(48-27-9-2-10-28-48,49-29-11-3-12-30-49)41-45-23-19-21-43(39-45)37-38-44-22-20-24-46(40-44)42-54(50-31-13-4-14-32-50,51-33-15-5-16-34-51)52-35-17-6-18-36-52/h1-40H,41-42H2/q+2. The van der Waals surface area contributed by atoms with Crippen LogP contribution in [0.3, 0.4) is 0 Å². The van der Waals surface area contributed by atoms with E-state index in [2.05, 4.69) is 243 Å². The first-order valence-corrected chi connectivity index (χ1v) is 22.6. The van der Waals surface area contributed by atoms with Crippen LogP contribution in [0.1, 0.15) is 22.3 Å². The third-order valence-corrected chi connectivity index (χ3v) is 19.1. The lowest BCUT2D eigenvalue weighted by Crippen LogP contribution is -2.32. The van der Waals surface area contributed by atoms with Crippen LogP contribution in [0.15, 0.2) is 231 Å². The highest BCUT2D eigenvalue weighted by Gasteiger charge is 2.46. The SMILES string of the molecule is C(=Cc1cccc(C[P+](c2ccccc2)(c2ccccc2)c2ccccc2)c1)c1cccc(C[P+](c2ccccc2)(c2ccccc2)c2ccccc2)c1. The Morgan fingerprint density at radius 1 is 0.259 bits per heavy atom. The second-order valence-electron chi connectivity index (χ2n) is 13.8. The summed E-state index contributed by atoms with van der Waals surface area (Å²) in [7, 11) is -3.99. The van der Waals surface area contributed by atoms with Crippen LogP contribution in [0.25, 0.3) is 12.2 Å². The van der Waals surface area contributed by atoms with Gasteiger partial charge in [-0.05, 0) is 107 Å². The lowest BCUT2D eigenvalue weighted by molar-refractivity contribution is 1.38. The molecular weight excluding hydrogens is 687 g/mol. The summed E-state index contributed by atoms with van der Waals surface area (Å²) in [4.78, 5) is 0. The van der Waals surface area contributed by atoms with E-state index >= 15 is 0 Å². The molecule has 8 aromatic carbocycles. The van der Waals surface area contributed by atoms with Gasteiger partial charge in [-0.3, -0.25) is 0 Å². The normalized spacial score (nSPS) is 11.8. The second kappa shape index (κ2) is 16.6. The van der Waals surface area contributed by atoms with Gasteiger partial charge in [0.25, 0.3) is 0 Å². The first-order valence-electron chi connectivity index (χ1n) is 18.7. The molecule has 0 nitrogen and oxygen atoms in total. The van der Waals surface area contributed by atoms with E-state index in [1.807, 2.05) is 0 Å². The highest BCUT2D eigenvalue weighted by atomic mass is 31.2. The fourth-order valence-corrected chi connectivity index (χ4v) is 16.3. The van der Waals surface area contributed by atoms with E-state index in [4.69, 9.17) is 0 Å². The van der Waals surface area contributed by atoms with Crippen molar-refractivity contribution in [1.82, 2.24) is 0 Å². The predicted octanol–water partition coefficient (Wildman–Crippen LogP) is 10.8. The molecule has 0 fully saturated rings. The summed E-state index contributed by atoms with van der Waals surface area (Å²) in [6.07, 6.45) is 6.47. The van der Waals surface area contributed by atoms with Gasteiger partial charge in [0, 0.05) is 0 Å². The van der Waals surface area contributed by atoms with E-state index in [-0.39, 0.29) is 0 Å². The van der Waals surface area contributed by atoms with Crippen LogP contribution in [0.4, 0.5) is 0 Å². The van der Waals surface area contributed by atoms with Gasteiger partial charge in [-0.1, -0.05) is 158 Å². The van der Waals surface area contributed by atoms with Crippen molar-refractivity contribution in [2.45, 2.75) is 12.3 Å². The number of benzene rings is 8. The van der Waals surface area contributed by atoms with E-state index < -0.39 is 14.5 Å². The lowest BCUT2D eigenvalue weighted by atomic mass is 10.1. The lowest BCUT2D eigenvalue weighted by Gasteiger charge is -2.28. The molecule has 0 unspecified atom stereocenters. The fraction of sp³-hybridized carbons (Fsp3) is 0.0385. The molecule has 8 rings (SSSR count). The molecular formula is C52H44P2+2. The molecule has 2 heteroatoms. The highest BCUT2D eigenvalue weighted by Crippen LogP contribution is 2.59. The van der Waals surface area contributed by atoms with Crippen molar-refractivity contribution in [2.75, 3.05) is 0 Å². The minimum atomic E-state index is -2.00. The van der Waals surface area contributed by atoms with Crippen molar-refractivity contribution < 1.29 is 0 Å². The zero-order valence-electron chi connectivity index (χ0n) is 30.4. The predicted molar refractivity (Wildman–Crippen MR) is 240 cm³/mol. The van der Waals surface area contributed by atoms with Crippen molar-refractivity contribution in [3.8, 4) is 0 Å². The van der Waals surface area contributed by atoms with Crippen molar-refractivity contribution in [2.24, 2.45) is 0 Å². The maximum Gasteiger partial charge on any atom is 0.116 e. The van der Waals surface area contributed by atoms with Crippen LogP contribution in [0.5, 0.6) is 0 Å². The average Bonchev–Trinajstić information content (AvgIpc) is 3.26. The van der Waals surface area contributed by atoms with Gasteiger partial charge in [0.05, 0.1) is 12.3 Å². The molecule has 8 aromatic rings. The number of hydrogen-bond acceptors (Lipinski definition) is 0. The number of rotatable bonds is 12. The maximum absolute atomic E-state index is 2.39. The maximum atomic E-state index is 2.39.